The molecule has 1 atom stereocenters. The van der Waals surface area contributed by atoms with Crippen LogP contribution in [0.4, 0.5) is 13.2 Å². The van der Waals surface area contributed by atoms with Crippen molar-refractivity contribution in [2.75, 3.05) is 7.11 Å². The summed E-state index contributed by atoms with van der Waals surface area (Å²) in [7, 11) is -3.36. The number of alkyl halides is 3. The van der Waals surface area contributed by atoms with Gasteiger partial charge >= 0.3 is 17.7 Å². The third kappa shape index (κ3) is 3.45. The zero-order chi connectivity index (χ0) is 20.6. The van der Waals surface area contributed by atoms with Gasteiger partial charge in [0.2, 0.25) is 10.0 Å². The number of sulfonamides is 1. The molecular formula is C17H15F3N3O4S+. The number of benzene rings is 2. The van der Waals surface area contributed by atoms with Crippen molar-refractivity contribution < 1.29 is 36.1 Å². The summed E-state index contributed by atoms with van der Waals surface area (Å²) in [6.07, 6.45) is -5.27. The number of carbonyl (C=O) groups is 1. The number of hydrogen-bond acceptors (Lipinski definition) is 4. The Labute approximate surface area is 158 Å². The fourth-order valence-corrected chi connectivity index (χ4v) is 3.85. The summed E-state index contributed by atoms with van der Waals surface area (Å²) in [5.74, 6) is -1.53. The topological polar surface area (TPSA) is 98.5 Å². The Hall–Kier alpha value is -2.92. The quantitative estimate of drug-likeness (QED) is 0.636. The zero-order valence-electron chi connectivity index (χ0n) is 14.4. The molecule has 0 unspecified atom stereocenters. The van der Waals surface area contributed by atoms with Crippen LogP contribution in [-0.2, 0) is 14.8 Å². The highest BCUT2D eigenvalue weighted by Crippen LogP contribution is 2.29. The van der Waals surface area contributed by atoms with E-state index < -0.39 is 32.7 Å². The summed E-state index contributed by atoms with van der Waals surface area (Å²) in [6, 6.07) is 12.4. The number of methoxy groups -OCH3 is 1. The van der Waals surface area contributed by atoms with Crippen LogP contribution >= 0.6 is 0 Å². The van der Waals surface area contributed by atoms with Gasteiger partial charge in [-0.2, -0.15) is 13.2 Å². The molecule has 1 aliphatic heterocycles. The average molecular weight is 414 g/mol. The van der Waals surface area contributed by atoms with E-state index in [0.717, 1.165) is 12.1 Å². The lowest BCUT2D eigenvalue weighted by atomic mass is 10.2. The Kier molecular flexibility index (Phi) is 4.90. The number of amidine groups is 1. The SMILES string of the molecule is COc1ccc(S(=O)(=O)N[C@]2(C(F)(F)F)[NH+]=C(c3ccccc3)NC2=O)cc1. The molecule has 2 aromatic carbocycles. The van der Waals surface area contributed by atoms with Gasteiger partial charge in [-0.25, -0.2) is 23.5 Å². The van der Waals surface area contributed by atoms with E-state index in [-0.39, 0.29) is 11.4 Å². The van der Waals surface area contributed by atoms with E-state index in [4.69, 9.17) is 4.74 Å². The summed E-state index contributed by atoms with van der Waals surface area (Å²) in [5.41, 5.74) is -3.30. The van der Waals surface area contributed by atoms with Gasteiger partial charge in [-0.15, -0.1) is 4.72 Å². The summed E-state index contributed by atoms with van der Waals surface area (Å²) < 4.78 is 73.0. The molecule has 3 rings (SSSR count). The molecular weight excluding hydrogens is 399 g/mol. The van der Waals surface area contributed by atoms with Crippen molar-refractivity contribution in [3.63, 3.8) is 0 Å². The second kappa shape index (κ2) is 6.91. The van der Waals surface area contributed by atoms with Crippen LogP contribution < -0.4 is 19.8 Å². The monoisotopic (exact) mass is 414 g/mol. The number of rotatable bonds is 5. The molecule has 1 aliphatic rings. The van der Waals surface area contributed by atoms with Gasteiger partial charge in [0.05, 0.1) is 17.6 Å². The number of ether oxygens (including phenoxy) is 1. The maximum atomic E-state index is 13.8. The molecule has 0 aromatic heterocycles. The number of amides is 1. The molecule has 148 valence electrons. The van der Waals surface area contributed by atoms with Crippen LogP contribution in [-0.4, -0.2) is 39.1 Å². The highest BCUT2D eigenvalue weighted by Gasteiger charge is 2.70. The van der Waals surface area contributed by atoms with Crippen LogP contribution in [0.15, 0.2) is 59.5 Å². The normalized spacial score (nSPS) is 19.9. The molecule has 0 radical (unpaired) electrons. The van der Waals surface area contributed by atoms with Crippen molar-refractivity contribution in [3.8, 4) is 5.75 Å². The van der Waals surface area contributed by atoms with Crippen LogP contribution in [0.3, 0.4) is 0 Å². The standard InChI is InChI=1S/C17H14F3N3O4S/c1-27-12-7-9-13(10-8-12)28(25,26)23-16(17(18,19)20)15(24)21-14(22-16)11-5-3-2-4-6-11/h2-10,23H,1H3,(H,21,22,24)/p+1/t16-/m1/s1. The van der Waals surface area contributed by atoms with Crippen LogP contribution in [0.2, 0.25) is 0 Å². The fourth-order valence-electron chi connectivity index (χ4n) is 2.58. The minimum absolute atomic E-state index is 0.255. The van der Waals surface area contributed by atoms with Gasteiger partial charge in [0.15, 0.2) is 0 Å². The highest BCUT2D eigenvalue weighted by atomic mass is 32.2. The van der Waals surface area contributed by atoms with E-state index in [1.165, 1.54) is 36.1 Å². The molecule has 1 amide bonds. The van der Waals surface area contributed by atoms with Crippen LogP contribution in [0.25, 0.3) is 0 Å². The Morgan fingerprint density at radius 1 is 1.07 bits per heavy atom. The van der Waals surface area contributed by atoms with E-state index in [0.29, 0.717) is 5.75 Å². The summed E-state index contributed by atoms with van der Waals surface area (Å²) in [6.45, 7) is 0. The minimum Gasteiger partial charge on any atom is -0.497 e. The van der Waals surface area contributed by atoms with Gasteiger partial charge in [-0.3, -0.25) is 0 Å². The van der Waals surface area contributed by atoms with Crippen molar-refractivity contribution >= 4 is 21.8 Å². The second-order valence-electron chi connectivity index (χ2n) is 5.85. The lowest BCUT2D eigenvalue weighted by Crippen LogP contribution is -2.96. The lowest BCUT2D eigenvalue weighted by Gasteiger charge is -2.23. The van der Waals surface area contributed by atoms with E-state index >= 15 is 0 Å². The van der Waals surface area contributed by atoms with E-state index in [1.54, 1.807) is 18.2 Å². The summed E-state index contributed by atoms with van der Waals surface area (Å²) in [4.78, 5) is 13.8. The second-order valence-corrected chi connectivity index (χ2v) is 7.53. The maximum absolute atomic E-state index is 13.8. The zero-order valence-corrected chi connectivity index (χ0v) is 15.2. The number of nitrogens with one attached hydrogen (secondary N) is 3. The first-order valence-corrected chi connectivity index (χ1v) is 9.34. The number of hydrogen-bond donors (Lipinski definition) is 3. The van der Waals surface area contributed by atoms with Crippen molar-refractivity contribution in [2.45, 2.75) is 16.7 Å². The molecule has 0 saturated carbocycles. The molecule has 0 aliphatic carbocycles. The van der Waals surface area contributed by atoms with Gasteiger partial charge in [0, 0.05) is 0 Å². The molecule has 0 fully saturated rings. The van der Waals surface area contributed by atoms with Gasteiger partial charge in [-0.05, 0) is 36.4 Å². The fraction of sp³-hybridized carbons (Fsp3) is 0.176. The van der Waals surface area contributed by atoms with Crippen molar-refractivity contribution in [2.24, 2.45) is 0 Å². The highest BCUT2D eigenvalue weighted by molar-refractivity contribution is 7.89. The number of carbonyl (C=O) groups excluding carboxylic acids is 1. The van der Waals surface area contributed by atoms with Crippen LogP contribution in [0, 0.1) is 0 Å². The third-order valence-corrected chi connectivity index (χ3v) is 5.50. The molecule has 7 nitrogen and oxygen atoms in total. The first-order chi connectivity index (χ1) is 13.1. The Balaban J connectivity index is 2.05. The predicted molar refractivity (Wildman–Crippen MR) is 91.8 cm³/mol. The van der Waals surface area contributed by atoms with Gasteiger partial charge in [-0.1, -0.05) is 18.2 Å². The smallest absolute Gasteiger partial charge is 0.460 e. The predicted octanol–water partition coefficient (Wildman–Crippen LogP) is -0.111. The van der Waals surface area contributed by atoms with Gasteiger partial charge < -0.3 is 4.74 Å². The first-order valence-electron chi connectivity index (χ1n) is 7.86. The lowest BCUT2D eigenvalue weighted by molar-refractivity contribution is -0.579. The Morgan fingerprint density at radius 3 is 2.21 bits per heavy atom. The van der Waals surface area contributed by atoms with E-state index in [1.807, 2.05) is 4.99 Å². The van der Waals surface area contributed by atoms with Crippen molar-refractivity contribution in [1.29, 1.82) is 0 Å². The van der Waals surface area contributed by atoms with Crippen LogP contribution in [0.5, 0.6) is 5.75 Å². The molecule has 0 spiro atoms. The van der Waals surface area contributed by atoms with Crippen molar-refractivity contribution in [3.05, 3.63) is 60.2 Å². The van der Waals surface area contributed by atoms with Crippen LogP contribution in [0.1, 0.15) is 5.56 Å². The largest absolute Gasteiger partial charge is 0.497 e. The number of halogens is 3. The molecule has 2 aromatic rings. The first kappa shape index (κ1) is 19.8. The Bertz CT molecular complexity index is 1020. The van der Waals surface area contributed by atoms with E-state index in [9.17, 15) is 26.4 Å². The van der Waals surface area contributed by atoms with Gasteiger partial charge in [0.25, 0.3) is 5.84 Å². The van der Waals surface area contributed by atoms with Crippen molar-refractivity contribution in [1.82, 2.24) is 10.0 Å². The molecule has 0 saturated heterocycles. The average Bonchev–Trinajstić information content (AvgIpc) is 2.99. The van der Waals surface area contributed by atoms with Gasteiger partial charge in [0.1, 0.15) is 5.75 Å². The molecule has 1 heterocycles. The third-order valence-electron chi connectivity index (χ3n) is 4.04. The molecule has 28 heavy (non-hydrogen) atoms. The summed E-state index contributed by atoms with van der Waals surface area (Å²) in [5, 5.41) is 2.06. The maximum Gasteiger partial charge on any atom is 0.460 e. The minimum atomic E-state index is -5.27. The Morgan fingerprint density at radius 2 is 1.68 bits per heavy atom. The molecule has 0 bridgehead atoms. The van der Waals surface area contributed by atoms with E-state index in [2.05, 4.69) is 5.32 Å². The molecule has 3 N–H and O–H groups in total. The molecule has 11 heteroatoms. The summed E-state index contributed by atoms with van der Waals surface area (Å²) >= 11 is 0.